The number of hydrogen-bond donors (Lipinski definition) is 5. The van der Waals surface area contributed by atoms with Gasteiger partial charge in [-0.05, 0) is 42.8 Å². The molecule has 0 heterocycles. The highest BCUT2D eigenvalue weighted by atomic mass is 32.2. The van der Waals surface area contributed by atoms with E-state index in [0.29, 0.717) is 23.6 Å². The summed E-state index contributed by atoms with van der Waals surface area (Å²) in [6.07, 6.45) is 0.262. The molecule has 2 rings (SSSR count). The number of nitrogen functional groups attached to an aromatic ring is 1. The van der Waals surface area contributed by atoms with Crippen LogP contribution in [0.5, 0.6) is 0 Å². The molecule has 6 N–H and O–H groups in total. The molecule has 0 unspecified atom stereocenters. The van der Waals surface area contributed by atoms with Crippen molar-refractivity contribution in [2.24, 2.45) is 0 Å². The van der Waals surface area contributed by atoms with Gasteiger partial charge < -0.3 is 21.5 Å². The lowest BCUT2D eigenvalue weighted by Gasteiger charge is -2.12. The molecule has 2 aromatic carbocycles. The van der Waals surface area contributed by atoms with Crippen molar-refractivity contribution in [1.29, 1.82) is 0 Å². The molecular weight excluding hydrogens is 346 g/mol. The first kappa shape index (κ1) is 18.6. The molecule has 0 aromatic heterocycles. The molecule has 0 atom stereocenters. The van der Waals surface area contributed by atoms with E-state index in [1.54, 1.807) is 36.4 Å². The Hall–Kier alpha value is -2.78. The lowest BCUT2D eigenvalue weighted by molar-refractivity contribution is 0.0698. The highest BCUT2D eigenvalue weighted by Crippen LogP contribution is 2.25. The van der Waals surface area contributed by atoms with Gasteiger partial charge in [0.2, 0.25) is 0 Å². The molecule has 0 bridgehead atoms. The summed E-state index contributed by atoms with van der Waals surface area (Å²) in [4.78, 5) is 11.3. The molecule has 0 amide bonds. The molecule has 9 heteroatoms. The lowest BCUT2D eigenvalue weighted by atomic mass is 10.1. The topological polar surface area (TPSA) is 142 Å². The standard InChI is InChI=1S/C16H19N3O5S/c17-11-5-6-15(14(9-11)16(20)21)19-13-4-1-3-12(10-13)18-7-2-8-25(22,23)24/h1,3-6,9-10,18-19H,2,7-8,17H2,(H,20,21)(H,22,23,24). The van der Waals surface area contributed by atoms with Gasteiger partial charge in [0.25, 0.3) is 10.1 Å². The number of nitrogens with two attached hydrogens (primary N) is 1. The van der Waals surface area contributed by atoms with E-state index in [0.717, 1.165) is 5.69 Å². The van der Waals surface area contributed by atoms with Crippen LogP contribution in [-0.4, -0.2) is 36.3 Å². The minimum absolute atomic E-state index is 0.0616. The largest absolute Gasteiger partial charge is 0.478 e. The number of nitrogens with one attached hydrogen (secondary N) is 2. The summed E-state index contributed by atoms with van der Waals surface area (Å²) in [5.74, 6) is -1.40. The number of aromatic carboxylic acids is 1. The zero-order valence-corrected chi connectivity index (χ0v) is 14.1. The van der Waals surface area contributed by atoms with Gasteiger partial charge in [0.1, 0.15) is 0 Å². The third-order valence-electron chi connectivity index (χ3n) is 3.32. The molecule has 134 valence electrons. The molecular formula is C16H19N3O5S. The van der Waals surface area contributed by atoms with Gasteiger partial charge in [-0.3, -0.25) is 4.55 Å². The van der Waals surface area contributed by atoms with Crippen LogP contribution in [0.2, 0.25) is 0 Å². The number of carbonyl (C=O) groups is 1. The molecule has 2 aromatic rings. The zero-order chi connectivity index (χ0) is 18.4. The predicted molar refractivity (Wildman–Crippen MR) is 97.1 cm³/mol. The van der Waals surface area contributed by atoms with Crippen LogP contribution >= 0.6 is 0 Å². The summed E-state index contributed by atoms with van der Waals surface area (Å²) < 4.78 is 30.0. The van der Waals surface area contributed by atoms with E-state index >= 15 is 0 Å². The second-order valence-electron chi connectivity index (χ2n) is 5.38. The van der Waals surface area contributed by atoms with Crippen molar-refractivity contribution in [3.63, 3.8) is 0 Å². The lowest BCUT2D eigenvalue weighted by Crippen LogP contribution is -2.10. The Labute approximate surface area is 145 Å². The number of benzene rings is 2. The second kappa shape index (κ2) is 7.86. The molecule has 0 saturated carbocycles. The van der Waals surface area contributed by atoms with Gasteiger partial charge in [-0.1, -0.05) is 6.07 Å². The highest BCUT2D eigenvalue weighted by Gasteiger charge is 2.11. The fourth-order valence-electron chi connectivity index (χ4n) is 2.20. The van der Waals surface area contributed by atoms with Crippen LogP contribution in [0.1, 0.15) is 16.8 Å². The quantitative estimate of drug-likeness (QED) is 0.273. The smallest absolute Gasteiger partial charge is 0.337 e. The van der Waals surface area contributed by atoms with Crippen LogP contribution < -0.4 is 16.4 Å². The van der Waals surface area contributed by atoms with Gasteiger partial charge in [0.05, 0.1) is 17.0 Å². The summed E-state index contributed by atoms with van der Waals surface area (Å²) in [7, 11) is -3.96. The van der Waals surface area contributed by atoms with E-state index in [1.807, 2.05) is 0 Å². The molecule has 0 fully saturated rings. The molecule has 25 heavy (non-hydrogen) atoms. The Kier molecular flexibility index (Phi) is 5.84. The predicted octanol–water partition coefficient (Wildman–Crippen LogP) is 2.40. The van der Waals surface area contributed by atoms with Crippen LogP contribution in [0.3, 0.4) is 0 Å². The van der Waals surface area contributed by atoms with E-state index in [2.05, 4.69) is 10.6 Å². The van der Waals surface area contributed by atoms with Crippen molar-refractivity contribution in [2.45, 2.75) is 6.42 Å². The van der Waals surface area contributed by atoms with E-state index in [-0.39, 0.29) is 17.7 Å². The van der Waals surface area contributed by atoms with E-state index in [4.69, 9.17) is 10.3 Å². The number of carboxylic acid groups (broad SMARTS) is 1. The summed E-state index contributed by atoms with van der Waals surface area (Å²) >= 11 is 0. The first-order valence-electron chi connectivity index (χ1n) is 7.43. The van der Waals surface area contributed by atoms with Crippen molar-refractivity contribution >= 4 is 38.8 Å². The first-order valence-corrected chi connectivity index (χ1v) is 9.04. The van der Waals surface area contributed by atoms with Gasteiger partial charge in [0.15, 0.2) is 0 Å². The molecule has 0 aliphatic heterocycles. The number of carboxylic acids is 1. The van der Waals surface area contributed by atoms with Crippen molar-refractivity contribution in [2.75, 3.05) is 28.7 Å². The fourth-order valence-corrected chi connectivity index (χ4v) is 2.71. The first-order chi connectivity index (χ1) is 11.7. The number of hydrogen-bond acceptors (Lipinski definition) is 6. The van der Waals surface area contributed by atoms with E-state index < -0.39 is 16.1 Å². The fraction of sp³-hybridized carbons (Fsp3) is 0.188. The maximum absolute atomic E-state index is 11.3. The van der Waals surface area contributed by atoms with Gasteiger partial charge in [-0.25, -0.2) is 4.79 Å². The van der Waals surface area contributed by atoms with Crippen molar-refractivity contribution < 1.29 is 22.9 Å². The average molecular weight is 365 g/mol. The second-order valence-corrected chi connectivity index (χ2v) is 6.95. The van der Waals surface area contributed by atoms with Crippen LogP contribution in [0.4, 0.5) is 22.7 Å². The normalized spacial score (nSPS) is 11.1. The SMILES string of the molecule is Nc1ccc(Nc2cccc(NCCCS(=O)(=O)O)c2)c(C(=O)O)c1. The van der Waals surface area contributed by atoms with E-state index in [1.165, 1.54) is 6.07 Å². The molecule has 0 radical (unpaired) electrons. The maximum atomic E-state index is 11.3. The van der Waals surface area contributed by atoms with Crippen LogP contribution in [0.25, 0.3) is 0 Å². The Bertz CT molecular complexity index is 868. The highest BCUT2D eigenvalue weighted by molar-refractivity contribution is 7.85. The average Bonchev–Trinajstić information content (AvgIpc) is 2.53. The summed E-state index contributed by atoms with van der Waals surface area (Å²) in [6, 6.07) is 11.7. The Balaban J connectivity index is 2.06. The van der Waals surface area contributed by atoms with Gasteiger partial charge >= 0.3 is 5.97 Å². The molecule has 0 saturated heterocycles. The summed E-state index contributed by atoms with van der Waals surface area (Å²) in [6.45, 7) is 0.367. The van der Waals surface area contributed by atoms with Gasteiger partial charge in [-0.15, -0.1) is 0 Å². The summed E-state index contributed by atoms with van der Waals surface area (Å²) in [5, 5.41) is 15.3. The monoisotopic (exact) mass is 365 g/mol. The third-order valence-corrected chi connectivity index (χ3v) is 4.13. The molecule has 0 spiro atoms. The third kappa shape index (κ3) is 5.98. The Morgan fingerprint density at radius 2 is 1.84 bits per heavy atom. The van der Waals surface area contributed by atoms with Crippen LogP contribution in [-0.2, 0) is 10.1 Å². The number of rotatable bonds is 8. The maximum Gasteiger partial charge on any atom is 0.337 e. The Morgan fingerprint density at radius 1 is 1.12 bits per heavy atom. The van der Waals surface area contributed by atoms with Gasteiger partial charge in [-0.2, -0.15) is 8.42 Å². The molecule has 0 aliphatic carbocycles. The Morgan fingerprint density at radius 3 is 2.52 bits per heavy atom. The van der Waals surface area contributed by atoms with Crippen molar-refractivity contribution in [3.05, 3.63) is 48.0 Å². The minimum Gasteiger partial charge on any atom is -0.478 e. The van der Waals surface area contributed by atoms with Gasteiger partial charge in [0, 0.05) is 23.6 Å². The van der Waals surface area contributed by atoms with Crippen molar-refractivity contribution in [1.82, 2.24) is 0 Å². The molecule has 8 nitrogen and oxygen atoms in total. The van der Waals surface area contributed by atoms with E-state index in [9.17, 15) is 18.3 Å². The summed E-state index contributed by atoms with van der Waals surface area (Å²) in [5.41, 5.74) is 7.84. The minimum atomic E-state index is -3.96. The zero-order valence-electron chi connectivity index (χ0n) is 13.3. The number of anilines is 4. The van der Waals surface area contributed by atoms with Crippen LogP contribution in [0, 0.1) is 0 Å². The molecule has 0 aliphatic rings. The van der Waals surface area contributed by atoms with Crippen LogP contribution in [0.15, 0.2) is 42.5 Å². The van der Waals surface area contributed by atoms with Crippen molar-refractivity contribution in [3.8, 4) is 0 Å².